The van der Waals surface area contributed by atoms with E-state index in [-0.39, 0.29) is 18.1 Å². The lowest BCUT2D eigenvalue weighted by Crippen LogP contribution is -2.37. The fraction of sp³-hybridized carbons (Fsp3) is 0.333. The quantitative estimate of drug-likeness (QED) is 0.432. The van der Waals surface area contributed by atoms with Crippen LogP contribution in [0, 0.1) is 0 Å². The fourth-order valence-corrected chi connectivity index (χ4v) is 4.29. The zero-order valence-corrected chi connectivity index (χ0v) is 18.9. The number of likely N-dealkylation sites (N-methyl/N-ethyl adjacent to an activating group) is 1. The SMILES string of the molecule is CSc1ccc(CC(=O)N(CCN(C)C)c2nc3ccc(OC(F)(F)F)cc3s2)cc1. The van der Waals surface area contributed by atoms with Gasteiger partial charge in [-0.25, -0.2) is 4.98 Å². The molecule has 1 aromatic heterocycles. The van der Waals surface area contributed by atoms with E-state index in [1.165, 1.54) is 29.5 Å². The van der Waals surface area contributed by atoms with E-state index in [0.29, 0.717) is 28.4 Å². The Hall–Kier alpha value is -2.30. The lowest BCUT2D eigenvalue weighted by Gasteiger charge is -2.22. The number of fused-ring (bicyclic) bond motifs is 1. The van der Waals surface area contributed by atoms with Gasteiger partial charge in [0.2, 0.25) is 5.91 Å². The number of carbonyl (C=O) groups is 1. The van der Waals surface area contributed by atoms with Gasteiger partial charge in [0.05, 0.1) is 16.6 Å². The van der Waals surface area contributed by atoms with E-state index in [0.717, 1.165) is 10.5 Å². The number of halogens is 3. The molecule has 5 nitrogen and oxygen atoms in total. The molecular formula is C21H22F3N3O2S2. The third-order valence-electron chi connectivity index (χ3n) is 4.40. The number of benzene rings is 2. The third-order valence-corrected chi connectivity index (χ3v) is 6.18. The van der Waals surface area contributed by atoms with E-state index in [2.05, 4.69) is 9.72 Å². The lowest BCUT2D eigenvalue weighted by atomic mass is 10.1. The number of rotatable bonds is 8. The molecule has 10 heteroatoms. The number of amides is 1. The van der Waals surface area contributed by atoms with Crippen LogP contribution in [0.5, 0.6) is 5.75 Å². The van der Waals surface area contributed by atoms with Crippen molar-refractivity contribution >= 4 is 44.4 Å². The maximum atomic E-state index is 13.1. The first-order valence-corrected chi connectivity index (χ1v) is 11.4. The van der Waals surface area contributed by atoms with Gasteiger partial charge in [-0.1, -0.05) is 23.5 Å². The molecule has 1 heterocycles. The summed E-state index contributed by atoms with van der Waals surface area (Å²) in [7, 11) is 3.81. The average Bonchev–Trinajstić information content (AvgIpc) is 3.10. The van der Waals surface area contributed by atoms with Gasteiger partial charge in [0.1, 0.15) is 5.75 Å². The van der Waals surface area contributed by atoms with Crippen molar-refractivity contribution < 1.29 is 22.7 Å². The smallest absolute Gasteiger partial charge is 0.406 e. The lowest BCUT2D eigenvalue weighted by molar-refractivity contribution is -0.274. The van der Waals surface area contributed by atoms with Crippen molar-refractivity contribution in [2.24, 2.45) is 0 Å². The molecule has 166 valence electrons. The molecule has 0 N–H and O–H groups in total. The molecule has 0 fully saturated rings. The Morgan fingerprint density at radius 3 is 2.45 bits per heavy atom. The maximum Gasteiger partial charge on any atom is 0.573 e. The highest BCUT2D eigenvalue weighted by Gasteiger charge is 2.31. The van der Waals surface area contributed by atoms with Crippen molar-refractivity contribution in [1.29, 1.82) is 0 Å². The minimum atomic E-state index is -4.76. The fourth-order valence-electron chi connectivity index (χ4n) is 2.85. The molecule has 3 rings (SSSR count). The summed E-state index contributed by atoms with van der Waals surface area (Å²) in [6.45, 7) is 1.04. The van der Waals surface area contributed by atoms with Crippen LogP contribution in [0.2, 0.25) is 0 Å². The minimum Gasteiger partial charge on any atom is -0.406 e. The number of anilines is 1. The minimum absolute atomic E-state index is 0.121. The van der Waals surface area contributed by atoms with Gasteiger partial charge in [-0.05, 0) is 50.2 Å². The second-order valence-electron chi connectivity index (χ2n) is 7.05. The molecule has 0 saturated carbocycles. The van der Waals surface area contributed by atoms with E-state index in [9.17, 15) is 18.0 Å². The van der Waals surface area contributed by atoms with Gasteiger partial charge in [-0.2, -0.15) is 0 Å². The molecule has 0 radical (unpaired) electrons. The van der Waals surface area contributed by atoms with Gasteiger partial charge >= 0.3 is 6.36 Å². The Bertz CT molecular complexity index is 1040. The largest absolute Gasteiger partial charge is 0.573 e. The second kappa shape index (κ2) is 9.88. The molecule has 0 unspecified atom stereocenters. The molecule has 0 bridgehead atoms. The molecule has 2 aromatic carbocycles. The van der Waals surface area contributed by atoms with Gasteiger partial charge < -0.3 is 9.64 Å². The van der Waals surface area contributed by atoms with E-state index in [4.69, 9.17) is 0 Å². The molecule has 0 spiro atoms. The summed E-state index contributed by atoms with van der Waals surface area (Å²) in [5, 5.41) is 0.451. The number of carbonyl (C=O) groups excluding carboxylic acids is 1. The highest BCUT2D eigenvalue weighted by molar-refractivity contribution is 7.98. The first-order chi connectivity index (χ1) is 14.6. The molecule has 31 heavy (non-hydrogen) atoms. The average molecular weight is 470 g/mol. The summed E-state index contributed by atoms with van der Waals surface area (Å²) < 4.78 is 42.1. The topological polar surface area (TPSA) is 45.7 Å². The predicted octanol–water partition coefficient (Wildman–Crippen LogP) is 5.05. The number of thioether (sulfide) groups is 1. The van der Waals surface area contributed by atoms with E-state index in [1.807, 2.05) is 49.5 Å². The molecule has 0 atom stereocenters. The monoisotopic (exact) mass is 469 g/mol. The standard InChI is InChI=1S/C21H22F3N3O2S2/c1-26(2)10-11-27(19(28)12-14-4-7-16(30-3)8-5-14)20-25-17-9-6-15(13-18(17)31-20)29-21(22,23)24/h4-9,13H,10-12H2,1-3H3. The highest BCUT2D eigenvalue weighted by Crippen LogP contribution is 2.33. The summed E-state index contributed by atoms with van der Waals surface area (Å²) in [5.74, 6) is -0.431. The number of hydrogen-bond donors (Lipinski definition) is 0. The summed E-state index contributed by atoms with van der Waals surface area (Å²) >= 11 is 2.79. The molecule has 0 aliphatic carbocycles. The van der Waals surface area contributed by atoms with Gasteiger partial charge in [0.25, 0.3) is 0 Å². The van der Waals surface area contributed by atoms with Crippen LogP contribution < -0.4 is 9.64 Å². The van der Waals surface area contributed by atoms with Crippen LogP contribution >= 0.6 is 23.1 Å². The summed E-state index contributed by atoms with van der Waals surface area (Å²) in [6, 6.07) is 11.8. The first kappa shape index (κ1) is 23.4. The van der Waals surface area contributed by atoms with Crippen molar-refractivity contribution in [3.63, 3.8) is 0 Å². The van der Waals surface area contributed by atoms with Gasteiger partial charge in [0.15, 0.2) is 5.13 Å². The van der Waals surface area contributed by atoms with Crippen LogP contribution in [0.4, 0.5) is 18.3 Å². The normalized spacial score (nSPS) is 11.8. The number of alkyl halides is 3. The van der Waals surface area contributed by atoms with Crippen LogP contribution in [0.25, 0.3) is 10.2 Å². The van der Waals surface area contributed by atoms with Gasteiger partial charge in [-0.15, -0.1) is 24.9 Å². The van der Waals surface area contributed by atoms with Crippen LogP contribution in [-0.4, -0.2) is 55.6 Å². The maximum absolute atomic E-state index is 13.1. The van der Waals surface area contributed by atoms with Gasteiger partial charge in [0, 0.05) is 24.1 Å². The van der Waals surface area contributed by atoms with Crippen LogP contribution in [-0.2, 0) is 11.2 Å². The van der Waals surface area contributed by atoms with Crippen molar-refractivity contribution in [2.45, 2.75) is 17.7 Å². The Morgan fingerprint density at radius 1 is 1.13 bits per heavy atom. The van der Waals surface area contributed by atoms with Crippen molar-refractivity contribution in [3.05, 3.63) is 48.0 Å². The number of thiazole rings is 1. The third kappa shape index (κ3) is 6.59. The predicted molar refractivity (Wildman–Crippen MR) is 119 cm³/mol. The van der Waals surface area contributed by atoms with E-state index < -0.39 is 6.36 Å². The number of aromatic nitrogens is 1. The first-order valence-electron chi connectivity index (χ1n) is 9.39. The Labute approximate surface area is 186 Å². The molecule has 3 aromatic rings. The summed E-state index contributed by atoms with van der Waals surface area (Å²) in [6.07, 6.45) is -2.57. The van der Waals surface area contributed by atoms with Crippen LogP contribution in [0.15, 0.2) is 47.4 Å². The summed E-state index contributed by atoms with van der Waals surface area (Å²) in [5.41, 5.74) is 1.40. The van der Waals surface area contributed by atoms with E-state index >= 15 is 0 Å². The van der Waals surface area contributed by atoms with Crippen molar-refractivity contribution in [2.75, 3.05) is 38.3 Å². The number of hydrogen-bond acceptors (Lipinski definition) is 6. The molecule has 0 saturated heterocycles. The van der Waals surface area contributed by atoms with Crippen molar-refractivity contribution in [1.82, 2.24) is 9.88 Å². The Kier molecular flexibility index (Phi) is 7.45. The highest BCUT2D eigenvalue weighted by atomic mass is 32.2. The van der Waals surface area contributed by atoms with Crippen molar-refractivity contribution in [3.8, 4) is 5.75 Å². The van der Waals surface area contributed by atoms with Gasteiger partial charge in [-0.3, -0.25) is 9.69 Å². The Balaban J connectivity index is 1.85. The van der Waals surface area contributed by atoms with Crippen LogP contribution in [0.1, 0.15) is 5.56 Å². The zero-order chi connectivity index (χ0) is 22.6. The molecule has 1 amide bonds. The molecule has 0 aliphatic heterocycles. The summed E-state index contributed by atoms with van der Waals surface area (Å²) in [4.78, 5) is 22.3. The second-order valence-corrected chi connectivity index (χ2v) is 8.94. The number of nitrogens with zero attached hydrogens (tertiary/aromatic N) is 3. The number of ether oxygens (including phenoxy) is 1. The molecular weight excluding hydrogens is 447 g/mol. The molecule has 0 aliphatic rings. The Morgan fingerprint density at radius 2 is 1.84 bits per heavy atom. The van der Waals surface area contributed by atoms with E-state index in [1.54, 1.807) is 16.7 Å². The zero-order valence-electron chi connectivity index (χ0n) is 17.3. The van der Waals surface area contributed by atoms with Crippen LogP contribution in [0.3, 0.4) is 0 Å².